The highest BCUT2D eigenvalue weighted by atomic mass is 35.5. The van der Waals surface area contributed by atoms with Gasteiger partial charge in [0.2, 0.25) is 11.9 Å². The zero-order chi connectivity index (χ0) is 26.6. The van der Waals surface area contributed by atoms with Gasteiger partial charge in [-0.1, -0.05) is 48.0 Å². The molecule has 1 saturated carbocycles. The third kappa shape index (κ3) is 5.86. The molecule has 7 nitrogen and oxygen atoms in total. The van der Waals surface area contributed by atoms with Crippen LogP contribution in [0.5, 0.6) is 5.75 Å². The van der Waals surface area contributed by atoms with E-state index in [1.165, 1.54) is 12.1 Å². The zero-order valence-electron chi connectivity index (χ0n) is 20.7. The third-order valence-corrected chi connectivity index (χ3v) is 6.61. The number of rotatable bonds is 9. The highest BCUT2D eigenvalue weighted by Gasteiger charge is 2.29. The monoisotopic (exact) mass is 532 g/mol. The lowest BCUT2D eigenvalue weighted by atomic mass is 10.1. The number of benzene rings is 3. The summed E-state index contributed by atoms with van der Waals surface area (Å²) >= 11 is 6.03. The van der Waals surface area contributed by atoms with Crippen LogP contribution < -0.4 is 10.1 Å². The molecule has 1 aromatic heterocycles. The molecule has 1 N–H and O–H groups in total. The van der Waals surface area contributed by atoms with Gasteiger partial charge >= 0.3 is 0 Å². The summed E-state index contributed by atoms with van der Waals surface area (Å²) in [6.45, 7) is 0.338. The average Bonchev–Trinajstić information content (AvgIpc) is 3.66. The van der Waals surface area contributed by atoms with Crippen LogP contribution in [0.4, 0.5) is 10.3 Å². The molecule has 0 aliphatic heterocycles. The predicted octanol–water partition coefficient (Wildman–Crippen LogP) is 5.83. The Hall–Kier alpha value is -4.17. The topological polar surface area (TPSA) is 76.5 Å². The highest BCUT2D eigenvalue weighted by molar-refractivity contribution is 6.30. The van der Waals surface area contributed by atoms with Crippen molar-refractivity contribution >= 4 is 29.4 Å². The van der Waals surface area contributed by atoms with E-state index in [9.17, 15) is 14.0 Å². The number of amides is 2. The Morgan fingerprint density at radius 3 is 2.61 bits per heavy atom. The number of aromatic nitrogens is 2. The van der Waals surface area contributed by atoms with E-state index >= 15 is 0 Å². The lowest BCUT2D eigenvalue weighted by molar-refractivity contribution is -0.117. The van der Waals surface area contributed by atoms with Gasteiger partial charge in [0.25, 0.3) is 5.91 Å². The Kier molecular flexibility index (Phi) is 7.42. The fourth-order valence-electron chi connectivity index (χ4n) is 4.16. The second-order valence-corrected chi connectivity index (χ2v) is 9.60. The molecule has 1 aliphatic carbocycles. The molecule has 1 heterocycles. The van der Waals surface area contributed by atoms with Gasteiger partial charge in [-0.25, -0.2) is 9.37 Å². The number of methoxy groups -OCH3 is 1. The first-order valence-electron chi connectivity index (χ1n) is 12.2. The molecule has 0 atom stereocenters. The third-order valence-electron chi connectivity index (χ3n) is 6.32. The summed E-state index contributed by atoms with van der Waals surface area (Å²) in [5, 5.41) is 2.80. The van der Waals surface area contributed by atoms with Crippen molar-refractivity contribution in [2.24, 2.45) is 5.92 Å². The van der Waals surface area contributed by atoms with E-state index in [1.54, 1.807) is 53.1 Å². The molecule has 0 saturated heterocycles. The van der Waals surface area contributed by atoms with Crippen molar-refractivity contribution in [1.29, 1.82) is 0 Å². The van der Waals surface area contributed by atoms with Crippen molar-refractivity contribution in [3.05, 3.63) is 95.4 Å². The minimum Gasteiger partial charge on any atom is -0.497 e. The molecule has 38 heavy (non-hydrogen) atoms. The van der Waals surface area contributed by atoms with E-state index in [4.69, 9.17) is 16.3 Å². The van der Waals surface area contributed by atoms with E-state index in [0.29, 0.717) is 35.2 Å². The van der Waals surface area contributed by atoms with Gasteiger partial charge in [-0.3, -0.25) is 19.5 Å². The van der Waals surface area contributed by atoms with Gasteiger partial charge < -0.3 is 9.64 Å². The van der Waals surface area contributed by atoms with Crippen molar-refractivity contribution in [2.45, 2.75) is 12.8 Å². The minimum atomic E-state index is -0.545. The number of hydrogen-bond acceptors (Lipinski definition) is 4. The number of nitrogens with zero attached hydrogens (tertiary/aromatic N) is 3. The Morgan fingerprint density at radius 1 is 1.11 bits per heavy atom. The maximum atomic E-state index is 13.8. The molecular weight excluding hydrogens is 507 g/mol. The molecule has 9 heteroatoms. The summed E-state index contributed by atoms with van der Waals surface area (Å²) in [4.78, 5) is 32.8. The first-order chi connectivity index (χ1) is 18.4. The zero-order valence-corrected chi connectivity index (χ0v) is 21.5. The quantitative estimate of drug-likeness (QED) is 0.294. The molecule has 0 unspecified atom stereocenters. The summed E-state index contributed by atoms with van der Waals surface area (Å²) in [7, 11) is 1.54. The van der Waals surface area contributed by atoms with Gasteiger partial charge in [0.15, 0.2) is 0 Å². The SMILES string of the molecule is COc1cccc(C(=O)N(CC(=O)Nc2nc(-c3ccccc3)cn2-c2ccc(F)c(Cl)c2)CC2CC2)c1. The molecular formula is C29H26ClFN4O3. The van der Waals surface area contributed by atoms with Crippen LogP contribution in [0.2, 0.25) is 5.02 Å². The van der Waals surface area contributed by atoms with E-state index < -0.39 is 11.7 Å². The molecule has 5 rings (SSSR count). The molecule has 194 valence electrons. The number of imidazole rings is 1. The van der Waals surface area contributed by atoms with Gasteiger partial charge in [-0.05, 0) is 55.2 Å². The maximum absolute atomic E-state index is 13.8. The Morgan fingerprint density at radius 2 is 1.89 bits per heavy atom. The number of hydrogen-bond donors (Lipinski definition) is 1. The van der Waals surface area contributed by atoms with E-state index in [0.717, 1.165) is 18.4 Å². The van der Waals surface area contributed by atoms with Gasteiger partial charge in [-0.15, -0.1) is 0 Å². The van der Waals surface area contributed by atoms with Crippen LogP contribution in [0, 0.1) is 11.7 Å². The summed E-state index contributed by atoms with van der Waals surface area (Å²) in [5.74, 6) is -0.00969. The van der Waals surface area contributed by atoms with Crippen molar-refractivity contribution in [3.63, 3.8) is 0 Å². The average molecular weight is 533 g/mol. The highest BCUT2D eigenvalue weighted by Crippen LogP contribution is 2.31. The summed E-state index contributed by atoms with van der Waals surface area (Å²) in [5.41, 5.74) is 2.44. The Balaban J connectivity index is 1.42. The van der Waals surface area contributed by atoms with Crippen LogP contribution in [-0.4, -0.2) is 46.5 Å². The Bertz CT molecular complexity index is 1470. The van der Waals surface area contributed by atoms with Gasteiger partial charge in [0.1, 0.15) is 18.1 Å². The molecule has 0 radical (unpaired) electrons. The smallest absolute Gasteiger partial charge is 0.254 e. The molecule has 0 spiro atoms. The normalized spacial score (nSPS) is 12.7. The number of carbonyl (C=O) groups is 2. The van der Waals surface area contributed by atoms with E-state index in [1.807, 2.05) is 30.3 Å². The van der Waals surface area contributed by atoms with Gasteiger partial charge in [0, 0.05) is 23.9 Å². The van der Waals surface area contributed by atoms with Crippen molar-refractivity contribution in [1.82, 2.24) is 14.5 Å². The summed E-state index contributed by atoms with van der Waals surface area (Å²) in [6, 6.07) is 20.7. The lowest BCUT2D eigenvalue weighted by Gasteiger charge is -2.22. The molecule has 3 aromatic carbocycles. The molecule has 4 aromatic rings. The van der Waals surface area contributed by atoms with Crippen LogP contribution in [0.1, 0.15) is 23.2 Å². The second kappa shape index (κ2) is 11.1. The van der Waals surface area contributed by atoms with Crippen LogP contribution in [0.3, 0.4) is 0 Å². The summed E-state index contributed by atoms with van der Waals surface area (Å²) in [6.07, 6.45) is 3.80. The van der Waals surface area contributed by atoms with E-state index in [2.05, 4.69) is 10.3 Å². The van der Waals surface area contributed by atoms with Crippen molar-refractivity contribution in [3.8, 4) is 22.7 Å². The second-order valence-electron chi connectivity index (χ2n) is 9.19. The molecule has 1 aliphatic rings. The van der Waals surface area contributed by atoms with E-state index in [-0.39, 0.29) is 23.4 Å². The number of halogens is 2. The standard InChI is InChI=1S/C29H26ClFN4O3/c1-38-23-9-5-8-21(14-23)28(37)34(16-19-10-11-19)18-27(36)33-29-32-26(20-6-3-2-4-7-20)17-35(29)22-12-13-25(31)24(30)15-22/h2-9,12-15,17,19H,10-11,16,18H2,1H3,(H,32,33,36). The molecule has 2 amide bonds. The van der Waals surface area contributed by atoms with Gasteiger partial charge in [-0.2, -0.15) is 0 Å². The van der Waals surface area contributed by atoms with Crippen LogP contribution in [0.25, 0.3) is 16.9 Å². The minimum absolute atomic E-state index is 0.0470. The fraction of sp³-hybridized carbons (Fsp3) is 0.207. The Labute approximate surface area is 224 Å². The molecule has 0 bridgehead atoms. The largest absolute Gasteiger partial charge is 0.497 e. The van der Waals surface area contributed by atoms with Crippen molar-refractivity contribution in [2.75, 3.05) is 25.5 Å². The number of anilines is 1. The summed E-state index contributed by atoms with van der Waals surface area (Å²) < 4.78 is 20.7. The first-order valence-corrected chi connectivity index (χ1v) is 12.6. The maximum Gasteiger partial charge on any atom is 0.254 e. The molecule has 1 fully saturated rings. The number of carbonyl (C=O) groups excluding carboxylic acids is 2. The fourth-order valence-corrected chi connectivity index (χ4v) is 4.33. The number of nitrogens with one attached hydrogen (secondary N) is 1. The van der Waals surface area contributed by atoms with Crippen LogP contribution in [0.15, 0.2) is 79.0 Å². The van der Waals surface area contributed by atoms with Gasteiger partial charge in [0.05, 0.1) is 23.5 Å². The first kappa shape index (κ1) is 25.5. The predicted molar refractivity (Wildman–Crippen MR) is 144 cm³/mol. The van der Waals surface area contributed by atoms with Crippen LogP contribution >= 0.6 is 11.6 Å². The van der Waals surface area contributed by atoms with Crippen molar-refractivity contribution < 1.29 is 18.7 Å². The van der Waals surface area contributed by atoms with Crippen LogP contribution in [-0.2, 0) is 4.79 Å². The lowest BCUT2D eigenvalue weighted by Crippen LogP contribution is -2.39. The number of ether oxygens (including phenoxy) is 1.